The molecule has 7 heteroatoms. The van der Waals surface area contributed by atoms with Crippen molar-refractivity contribution in [2.75, 3.05) is 18.0 Å². The zero-order chi connectivity index (χ0) is 15.8. The lowest BCUT2D eigenvalue weighted by Crippen LogP contribution is -2.37. The van der Waals surface area contributed by atoms with Crippen LogP contribution < -0.4 is 10.2 Å². The van der Waals surface area contributed by atoms with Crippen molar-refractivity contribution < 1.29 is 4.79 Å². The van der Waals surface area contributed by atoms with Crippen molar-refractivity contribution in [3.05, 3.63) is 40.3 Å². The molecule has 0 unspecified atom stereocenters. The number of carbonyl (C=O) groups is 1. The van der Waals surface area contributed by atoms with E-state index in [1.54, 1.807) is 22.7 Å². The smallest absolute Gasteiger partial charge is 0.251 e. The molecule has 3 aromatic rings. The Morgan fingerprint density at radius 1 is 1.43 bits per heavy atom. The summed E-state index contributed by atoms with van der Waals surface area (Å²) >= 11 is 3.26. The molecule has 0 aliphatic carbocycles. The molecule has 1 amide bonds. The number of amides is 1. The van der Waals surface area contributed by atoms with E-state index in [9.17, 15) is 4.79 Å². The molecule has 118 valence electrons. The van der Waals surface area contributed by atoms with Crippen LogP contribution in [0, 0.1) is 6.92 Å². The van der Waals surface area contributed by atoms with Crippen molar-refractivity contribution in [2.45, 2.75) is 19.4 Å². The normalized spacial score (nSPS) is 17.8. The van der Waals surface area contributed by atoms with Crippen molar-refractivity contribution in [1.82, 2.24) is 15.3 Å². The molecule has 4 rings (SSSR count). The van der Waals surface area contributed by atoms with Gasteiger partial charge in [-0.3, -0.25) is 4.79 Å². The van der Waals surface area contributed by atoms with E-state index in [-0.39, 0.29) is 11.9 Å². The van der Waals surface area contributed by atoms with Gasteiger partial charge >= 0.3 is 0 Å². The number of hydrogen-bond donors (Lipinski definition) is 1. The second kappa shape index (κ2) is 5.90. The molecule has 0 spiro atoms. The van der Waals surface area contributed by atoms with Crippen molar-refractivity contribution >= 4 is 43.9 Å². The molecule has 1 N–H and O–H groups in total. The number of nitrogens with zero attached hydrogens (tertiary/aromatic N) is 3. The average Bonchev–Trinajstić information content (AvgIpc) is 3.25. The maximum atomic E-state index is 12.5. The first kappa shape index (κ1) is 14.6. The van der Waals surface area contributed by atoms with Crippen LogP contribution in [-0.2, 0) is 0 Å². The maximum absolute atomic E-state index is 12.5. The summed E-state index contributed by atoms with van der Waals surface area (Å²) in [5, 5.41) is 7.17. The van der Waals surface area contributed by atoms with Crippen molar-refractivity contribution in [1.29, 1.82) is 0 Å². The van der Waals surface area contributed by atoms with Crippen molar-refractivity contribution in [2.24, 2.45) is 0 Å². The highest BCUT2D eigenvalue weighted by atomic mass is 32.1. The SMILES string of the molecule is Cc1nc2ccc(C(=O)N[C@@H]3CCN(c4nccs4)C3)cc2s1. The molecule has 3 heterocycles. The fraction of sp³-hybridized carbons (Fsp3) is 0.312. The molecule has 1 aliphatic heterocycles. The first-order valence-corrected chi connectivity index (χ1v) is 9.21. The van der Waals surface area contributed by atoms with Gasteiger partial charge in [-0.25, -0.2) is 9.97 Å². The van der Waals surface area contributed by atoms with E-state index in [4.69, 9.17) is 0 Å². The summed E-state index contributed by atoms with van der Waals surface area (Å²) in [4.78, 5) is 23.5. The number of rotatable bonds is 3. The van der Waals surface area contributed by atoms with E-state index in [0.29, 0.717) is 5.56 Å². The lowest BCUT2D eigenvalue weighted by atomic mass is 10.2. The number of thiazole rings is 2. The molecule has 2 aromatic heterocycles. The lowest BCUT2D eigenvalue weighted by molar-refractivity contribution is 0.0940. The summed E-state index contributed by atoms with van der Waals surface area (Å²) in [5.41, 5.74) is 1.66. The number of carbonyl (C=O) groups excluding carboxylic acids is 1. The second-order valence-electron chi connectivity index (χ2n) is 5.64. The fourth-order valence-corrected chi connectivity index (χ4v) is 4.42. The number of aromatic nitrogens is 2. The van der Waals surface area contributed by atoms with Crippen LogP contribution in [0.15, 0.2) is 29.8 Å². The van der Waals surface area contributed by atoms with Crippen LogP contribution in [0.5, 0.6) is 0 Å². The van der Waals surface area contributed by atoms with Crippen LogP contribution in [-0.4, -0.2) is 35.0 Å². The van der Waals surface area contributed by atoms with Gasteiger partial charge < -0.3 is 10.2 Å². The Balaban J connectivity index is 1.45. The zero-order valence-electron chi connectivity index (χ0n) is 12.7. The van der Waals surface area contributed by atoms with Gasteiger partial charge in [-0.05, 0) is 31.5 Å². The minimum atomic E-state index is -0.0102. The number of fused-ring (bicyclic) bond motifs is 1. The molecule has 1 saturated heterocycles. The highest BCUT2D eigenvalue weighted by molar-refractivity contribution is 7.18. The predicted molar refractivity (Wildman–Crippen MR) is 94.6 cm³/mol. The summed E-state index contributed by atoms with van der Waals surface area (Å²) in [5.74, 6) is -0.0102. The van der Waals surface area contributed by atoms with Crippen molar-refractivity contribution in [3.8, 4) is 0 Å². The Labute approximate surface area is 142 Å². The van der Waals surface area contributed by atoms with Crippen LogP contribution in [0.1, 0.15) is 21.8 Å². The Morgan fingerprint density at radius 2 is 2.35 bits per heavy atom. The Morgan fingerprint density at radius 3 is 3.17 bits per heavy atom. The molecule has 0 saturated carbocycles. The summed E-state index contributed by atoms with van der Waals surface area (Å²) in [6, 6.07) is 5.88. The Hall–Kier alpha value is -1.99. The van der Waals surface area contributed by atoms with Gasteiger partial charge in [0.15, 0.2) is 5.13 Å². The fourth-order valence-electron chi connectivity index (χ4n) is 2.87. The van der Waals surface area contributed by atoms with Crippen LogP contribution >= 0.6 is 22.7 Å². The third-order valence-corrected chi connectivity index (χ3v) is 5.74. The number of aryl methyl sites for hydroxylation is 1. The largest absolute Gasteiger partial charge is 0.347 e. The van der Waals surface area contributed by atoms with Crippen LogP contribution in [0.2, 0.25) is 0 Å². The average molecular weight is 344 g/mol. The molecule has 1 aromatic carbocycles. The molecule has 5 nitrogen and oxygen atoms in total. The van der Waals surface area contributed by atoms with Gasteiger partial charge in [-0.2, -0.15) is 0 Å². The molecule has 1 aliphatic rings. The van der Waals surface area contributed by atoms with E-state index >= 15 is 0 Å². The van der Waals surface area contributed by atoms with Gasteiger partial charge in [0.05, 0.1) is 15.2 Å². The molecular formula is C16H16N4OS2. The summed E-state index contributed by atoms with van der Waals surface area (Å²) < 4.78 is 1.06. The first-order valence-electron chi connectivity index (χ1n) is 7.51. The number of nitrogens with one attached hydrogen (secondary N) is 1. The van der Waals surface area contributed by atoms with E-state index in [1.165, 1.54) is 0 Å². The minimum absolute atomic E-state index is 0.0102. The molecular weight excluding hydrogens is 328 g/mol. The van der Waals surface area contributed by atoms with Gasteiger partial charge in [0, 0.05) is 36.3 Å². The Kier molecular flexibility index (Phi) is 3.74. The molecule has 1 atom stereocenters. The highest BCUT2D eigenvalue weighted by Crippen LogP contribution is 2.24. The molecule has 0 radical (unpaired) electrons. The van der Waals surface area contributed by atoms with Gasteiger partial charge in [-0.15, -0.1) is 22.7 Å². The molecule has 0 bridgehead atoms. The van der Waals surface area contributed by atoms with Crippen molar-refractivity contribution in [3.63, 3.8) is 0 Å². The molecule has 1 fully saturated rings. The first-order chi connectivity index (χ1) is 11.2. The van der Waals surface area contributed by atoms with Gasteiger partial charge in [0.1, 0.15) is 0 Å². The van der Waals surface area contributed by atoms with E-state index in [1.807, 2.05) is 36.7 Å². The maximum Gasteiger partial charge on any atom is 0.251 e. The zero-order valence-corrected chi connectivity index (χ0v) is 14.3. The topological polar surface area (TPSA) is 58.1 Å². The number of benzene rings is 1. The monoisotopic (exact) mass is 344 g/mol. The van der Waals surface area contributed by atoms with Gasteiger partial charge in [0.25, 0.3) is 5.91 Å². The number of anilines is 1. The Bertz CT molecular complexity index is 843. The molecule has 23 heavy (non-hydrogen) atoms. The summed E-state index contributed by atoms with van der Waals surface area (Å²) in [7, 11) is 0. The van der Waals surface area contributed by atoms with E-state index in [0.717, 1.165) is 39.9 Å². The second-order valence-corrected chi connectivity index (χ2v) is 7.74. The van der Waals surface area contributed by atoms with Crippen LogP contribution in [0.4, 0.5) is 5.13 Å². The minimum Gasteiger partial charge on any atom is -0.347 e. The van der Waals surface area contributed by atoms with E-state index < -0.39 is 0 Å². The lowest BCUT2D eigenvalue weighted by Gasteiger charge is -2.15. The van der Waals surface area contributed by atoms with Gasteiger partial charge in [0.2, 0.25) is 0 Å². The highest BCUT2D eigenvalue weighted by Gasteiger charge is 2.25. The third kappa shape index (κ3) is 2.94. The standard InChI is InChI=1S/C16H16N4OS2/c1-10-18-13-3-2-11(8-14(13)23-10)15(21)19-12-4-6-20(9-12)16-17-5-7-22-16/h2-3,5,7-8,12H,4,6,9H2,1H3,(H,19,21)/t12-/m1/s1. The predicted octanol–water partition coefficient (Wildman–Crippen LogP) is 3.07. The van der Waals surface area contributed by atoms with Crippen LogP contribution in [0.3, 0.4) is 0 Å². The van der Waals surface area contributed by atoms with E-state index in [2.05, 4.69) is 20.2 Å². The summed E-state index contributed by atoms with van der Waals surface area (Å²) in [6.45, 7) is 3.74. The third-order valence-electron chi connectivity index (χ3n) is 3.97. The number of hydrogen-bond acceptors (Lipinski definition) is 6. The van der Waals surface area contributed by atoms with Crippen LogP contribution in [0.25, 0.3) is 10.2 Å². The van der Waals surface area contributed by atoms with Gasteiger partial charge in [-0.1, -0.05) is 0 Å². The summed E-state index contributed by atoms with van der Waals surface area (Å²) in [6.07, 6.45) is 2.77. The quantitative estimate of drug-likeness (QED) is 0.793.